The Balaban J connectivity index is 1.91. The minimum atomic E-state index is -3.00. The number of phenolic OH excluding ortho intramolecular Hbond substituents is 1. The Kier molecular flexibility index (Phi) is 3.18. The van der Waals surface area contributed by atoms with E-state index in [4.69, 9.17) is 16.1 Å². The molecule has 0 bridgehead atoms. The van der Waals surface area contributed by atoms with Crippen molar-refractivity contribution in [2.45, 2.75) is 12.3 Å². The summed E-state index contributed by atoms with van der Waals surface area (Å²) >= 11 is 5.75. The van der Waals surface area contributed by atoms with E-state index in [0.29, 0.717) is 22.8 Å². The zero-order valence-corrected chi connectivity index (χ0v) is 11.9. The van der Waals surface area contributed by atoms with Crippen LogP contribution in [0.25, 0.3) is 11.5 Å². The molecule has 1 aromatic carbocycles. The minimum absolute atomic E-state index is 0.0403. The molecule has 6 nitrogen and oxygen atoms in total. The average Bonchev–Trinajstić information content (AvgIpc) is 2.95. The summed E-state index contributed by atoms with van der Waals surface area (Å²) in [5.74, 6) is 0.388. The summed E-state index contributed by atoms with van der Waals surface area (Å²) < 4.78 is 28.0. The highest BCUT2D eigenvalue weighted by molar-refractivity contribution is 7.91. The van der Waals surface area contributed by atoms with Gasteiger partial charge in [-0.05, 0) is 24.6 Å². The van der Waals surface area contributed by atoms with E-state index in [0.717, 1.165) is 0 Å². The van der Waals surface area contributed by atoms with Gasteiger partial charge < -0.3 is 9.63 Å². The minimum Gasteiger partial charge on any atom is -0.507 e. The molecule has 3 rings (SSSR count). The van der Waals surface area contributed by atoms with Crippen molar-refractivity contribution in [1.29, 1.82) is 0 Å². The van der Waals surface area contributed by atoms with E-state index >= 15 is 0 Å². The van der Waals surface area contributed by atoms with Crippen LogP contribution in [0.3, 0.4) is 0 Å². The van der Waals surface area contributed by atoms with Gasteiger partial charge in [0.1, 0.15) is 5.75 Å². The number of aromatic nitrogens is 2. The van der Waals surface area contributed by atoms with Gasteiger partial charge in [-0.25, -0.2) is 8.42 Å². The molecule has 1 unspecified atom stereocenters. The molecule has 0 spiro atoms. The van der Waals surface area contributed by atoms with Gasteiger partial charge in [-0.15, -0.1) is 0 Å². The molecule has 2 aromatic rings. The second-order valence-corrected chi connectivity index (χ2v) is 7.38. The lowest BCUT2D eigenvalue weighted by atomic mass is 10.1. The number of aromatic hydroxyl groups is 1. The molecule has 1 aliphatic heterocycles. The first-order valence-corrected chi connectivity index (χ1v) is 8.17. The number of rotatable bonds is 2. The smallest absolute Gasteiger partial charge is 0.261 e. The van der Waals surface area contributed by atoms with Crippen LogP contribution in [0.4, 0.5) is 0 Å². The summed E-state index contributed by atoms with van der Waals surface area (Å²) in [6.45, 7) is 0. The van der Waals surface area contributed by atoms with Gasteiger partial charge in [-0.3, -0.25) is 0 Å². The predicted octanol–water partition coefficient (Wildman–Crippen LogP) is 2.00. The highest BCUT2D eigenvalue weighted by Gasteiger charge is 2.32. The summed E-state index contributed by atoms with van der Waals surface area (Å²) in [6.07, 6.45) is 0.494. The van der Waals surface area contributed by atoms with Gasteiger partial charge in [0, 0.05) is 10.9 Å². The van der Waals surface area contributed by atoms with Crippen LogP contribution in [-0.2, 0) is 9.84 Å². The van der Waals surface area contributed by atoms with Crippen molar-refractivity contribution in [1.82, 2.24) is 10.1 Å². The molecule has 0 amide bonds. The maximum Gasteiger partial charge on any atom is 0.261 e. The molecule has 0 saturated carbocycles. The number of hydrogen-bond acceptors (Lipinski definition) is 6. The fourth-order valence-electron chi connectivity index (χ4n) is 2.19. The molecule has 1 fully saturated rings. The molecular formula is C12H11ClN2O4S. The van der Waals surface area contributed by atoms with Crippen molar-refractivity contribution in [3.63, 3.8) is 0 Å². The molecule has 0 aliphatic carbocycles. The molecule has 1 aromatic heterocycles. The Hall–Kier alpha value is -1.60. The standard InChI is InChI=1S/C12H11ClN2O4S/c13-8-1-2-9(10(16)5-8)12-14-11(15-19-12)7-3-4-20(17,18)6-7/h1-2,5,7,16H,3-4,6H2. The van der Waals surface area contributed by atoms with Crippen LogP contribution in [0.15, 0.2) is 22.7 Å². The molecule has 8 heteroatoms. The molecule has 2 heterocycles. The summed E-state index contributed by atoms with van der Waals surface area (Å²) in [4.78, 5) is 4.17. The van der Waals surface area contributed by atoms with Crippen molar-refractivity contribution in [3.8, 4) is 17.2 Å². The number of hydrogen-bond donors (Lipinski definition) is 1. The van der Waals surface area contributed by atoms with Crippen molar-refractivity contribution >= 4 is 21.4 Å². The van der Waals surface area contributed by atoms with Crippen LogP contribution in [0.1, 0.15) is 18.2 Å². The van der Waals surface area contributed by atoms with Crippen LogP contribution in [-0.4, -0.2) is 35.2 Å². The first kappa shape index (κ1) is 13.4. The number of benzene rings is 1. The van der Waals surface area contributed by atoms with E-state index in [1.807, 2.05) is 0 Å². The van der Waals surface area contributed by atoms with Crippen molar-refractivity contribution in [2.75, 3.05) is 11.5 Å². The van der Waals surface area contributed by atoms with Crippen LogP contribution in [0.2, 0.25) is 5.02 Å². The number of phenols is 1. The topological polar surface area (TPSA) is 93.3 Å². The van der Waals surface area contributed by atoms with Crippen LogP contribution < -0.4 is 0 Å². The van der Waals surface area contributed by atoms with E-state index in [1.165, 1.54) is 6.07 Å². The third-order valence-electron chi connectivity index (χ3n) is 3.23. The van der Waals surface area contributed by atoms with Gasteiger partial charge in [-0.1, -0.05) is 16.8 Å². The van der Waals surface area contributed by atoms with Gasteiger partial charge >= 0.3 is 0 Å². The van der Waals surface area contributed by atoms with E-state index in [-0.39, 0.29) is 29.1 Å². The van der Waals surface area contributed by atoms with Crippen LogP contribution >= 0.6 is 11.6 Å². The lowest BCUT2D eigenvalue weighted by Gasteiger charge is -2.00. The predicted molar refractivity (Wildman–Crippen MR) is 72.4 cm³/mol. The van der Waals surface area contributed by atoms with E-state index in [1.54, 1.807) is 12.1 Å². The molecule has 20 heavy (non-hydrogen) atoms. The summed E-state index contributed by atoms with van der Waals surface area (Å²) in [5, 5.41) is 14.0. The van der Waals surface area contributed by atoms with E-state index in [2.05, 4.69) is 10.1 Å². The quantitative estimate of drug-likeness (QED) is 0.911. The Morgan fingerprint density at radius 2 is 2.20 bits per heavy atom. The zero-order chi connectivity index (χ0) is 14.3. The molecule has 1 N–H and O–H groups in total. The maximum absolute atomic E-state index is 11.4. The molecule has 106 valence electrons. The molecule has 1 atom stereocenters. The van der Waals surface area contributed by atoms with Crippen LogP contribution in [0, 0.1) is 0 Å². The number of halogens is 1. The van der Waals surface area contributed by atoms with E-state index in [9.17, 15) is 13.5 Å². The number of sulfone groups is 1. The lowest BCUT2D eigenvalue weighted by Crippen LogP contribution is -2.05. The second kappa shape index (κ2) is 4.75. The SMILES string of the molecule is O=S1(=O)CCC(c2noc(-c3ccc(Cl)cc3O)n2)C1. The fourth-order valence-corrected chi connectivity index (χ4v) is 4.10. The van der Waals surface area contributed by atoms with Gasteiger partial charge in [0.15, 0.2) is 15.7 Å². The van der Waals surface area contributed by atoms with Gasteiger partial charge in [-0.2, -0.15) is 4.98 Å². The van der Waals surface area contributed by atoms with Gasteiger partial charge in [0.05, 0.1) is 17.1 Å². The van der Waals surface area contributed by atoms with E-state index < -0.39 is 9.84 Å². The summed E-state index contributed by atoms with van der Waals surface area (Å²) in [6, 6.07) is 4.54. The first-order valence-electron chi connectivity index (χ1n) is 5.97. The molecular weight excluding hydrogens is 304 g/mol. The third kappa shape index (κ3) is 2.51. The highest BCUT2D eigenvalue weighted by Crippen LogP contribution is 2.33. The molecule has 1 aliphatic rings. The highest BCUT2D eigenvalue weighted by atomic mass is 35.5. The Labute approximate surface area is 120 Å². The Morgan fingerprint density at radius 3 is 2.85 bits per heavy atom. The van der Waals surface area contributed by atoms with Crippen molar-refractivity contribution in [3.05, 3.63) is 29.0 Å². The van der Waals surface area contributed by atoms with Crippen molar-refractivity contribution < 1.29 is 18.0 Å². The zero-order valence-electron chi connectivity index (χ0n) is 10.3. The third-order valence-corrected chi connectivity index (χ3v) is 5.23. The van der Waals surface area contributed by atoms with Crippen molar-refractivity contribution in [2.24, 2.45) is 0 Å². The Bertz CT molecular complexity index is 757. The second-order valence-electron chi connectivity index (χ2n) is 4.72. The van der Waals surface area contributed by atoms with Gasteiger partial charge in [0.2, 0.25) is 0 Å². The largest absolute Gasteiger partial charge is 0.507 e. The van der Waals surface area contributed by atoms with Crippen LogP contribution in [0.5, 0.6) is 5.75 Å². The maximum atomic E-state index is 11.4. The summed E-state index contributed by atoms with van der Waals surface area (Å²) in [7, 11) is -3.00. The first-order chi connectivity index (χ1) is 9.44. The Morgan fingerprint density at radius 1 is 1.40 bits per heavy atom. The fraction of sp³-hybridized carbons (Fsp3) is 0.333. The monoisotopic (exact) mass is 314 g/mol. The van der Waals surface area contributed by atoms with Gasteiger partial charge in [0.25, 0.3) is 5.89 Å². The normalized spacial score (nSPS) is 21.1. The average molecular weight is 315 g/mol. The molecule has 1 saturated heterocycles. The molecule has 0 radical (unpaired) electrons. The number of nitrogens with zero attached hydrogens (tertiary/aromatic N) is 2. The lowest BCUT2D eigenvalue weighted by molar-refractivity contribution is 0.413. The summed E-state index contributed by atoms with van der Waals surface area (Å²) in [5.41, 5.74) is 0.369.